The minimum Gasteiger partial charge on any atom is -0.375 e. The Morgan fingerprint density at radius 2 is 2.20 bits per heavy atom. The molecule has 1 fully saturated rings. The number of piperidine rings is 1. The van der Waals surface area contributed by atoms with Gasteiger partial charge in [-0.05, 0) is 24.3 Å². The Morgan fingerprint density at radius 3 is 2.80 bits per heavy atom. The van der Waals surface area contributed by atoms with E-state index in [1.165, 1.54) is 7.11 Å². The van der Waals surface area contributed by atoms with Gasteiger partial charge < -0.3 is 15.0 Å². The molecule has 0 saturated carbocycles. The van der Waals surface area contributed by atoms with Crippen LogP contribution in [0.4, 0.5) is 0 Å². The third-order valence-corrected chi connectivity index (χ3v) is 4.27. The molecule has 2 amide bonds. The van der Waals surface area contributed by atoms with E-state index in [9.17, 15) is 9.59 Å². The number of thiophene rings is 1. The molecule has 110 valence electrons. The molecule has 0 radical (unpaired) electrons. The number of carbonyl (C=O) groups excluding carboxylic acids is 2. The molecule has 1 aromatic rings. The maximum atomic E-state index is 12.1. The van der Waals surface area contributed by atoms with Crippen LogP contribution in [0.3, 0.4) is 0 Å². The number of amides is 2. The molecule has 0 spiro atoms. The topological polar surface area (TPSA) is 58.6 Å². The SMILES string of the molecule is COCC(=O)NC1CCN(C(=O)Cc2cccs2)CC1. The van der Waals surface area contributed by atoms with E-state index in [0.29, 0.717) is 19.5 Å². The van der Waals surface area contributed by atoms with Gasteiger partial charge in [0.2, 0.25) is 11.8 Å². The Morgan fingerprint density at radius 1 is 1.45 bits per heavy atom. The molecule has 6 heteroatoms. The number of likely N-dealkylation sites (tertiary alicyclic amines) is 1. The summed E-state index contributed by atoms with van der Waals surface area (Å²) in [7, 11) is 1.51. The predicted molar refractivity (Wildman–Crippen MR) is 77.6 cm³/mol. The summed E-state index contributed by atoms with van der Waals surface area (Å²) >= 11 is 1.61. The number of nitrogens with zero attached hydrogens (tertiary/aromatic N) is 1. The lowest BCUT2D eigenvalue weighted by molar-refractivity contribution is -0.131. The van der Waals surface area contributed by atoms with E-state index < -0.39 is 0 Å². The summed E-state index contributed by atoms with van der Waals surface area (Å²) in [5.41, 5.74) is 0. The highest BCUT2D eigenvalue weighted by atomic mass is 32.1. The first-order chi connectivity index (χ1) is 9.69. The highest BCUT2D eigenvalue weighted by Gasteiger charge is 2.23. The minimum absolute atomic E-state index is 0.0872. The fraction of sp³-hybridized carbons (Fsp3) is 0.571. The standard InChI is InChI=1S/C14H20N2O3S/c1-19-10-13(17)15-11-4-6-16(7-5-11)14(18)9-12-3-2-8-20-12/h2-3,8,11H,4-7,9-10H2,1H3,(H,15,17). The van der Waals surface area contributed by atoms with Gasteiger partial charge >= 0.3 is 0 Å². The van der Waals surface area contributed by atoms with Gasteiger partial charge in [-0.25, -0.2) is 0 Å². The zero-order valence-corrected chi connectivity index (χ0v) is 12.4. The number of hydrogen-bond donors (Lipinski definition) is 1. The van der Waals surface area contributed by atoms with Gasteiger partial charge in [0.15, 0.2) is 0 Å². The van der Waals surface area contributed by atoms with Crippen molar-refractivity contribution in [2.45, 2.75) is 25.3 Å². The summed E-state index contributed by atoms with van der Waals surface area (Å²) < 4.78 is 4.79. The Kier molecular flexibility index (Phi) is 5.55. The van der Waals surface area contributed by atoms with Gasteiger partial charge in [-0.2, -0.15) is 0 Å². The molecule has 0 aromatic carbocycles. The lowest BCUT2D eigenvalue weighted by Crippen LogP contribution is -2.47. The van der Waals surface area contributed by atoms with Crippen molar-refractivity contribution in [3.05, 3.63) is 22.4 Å². The van der Waals surface area contributed by atoms with Crippen LogP contribution in [0.1, 0.15) is 17.7 Å². The average molecular weight is 296 g/mol. The Hall–Kier alpha value is -1.40. The zero-order chi connectivity index (χ0) is 14.4. The van der Waals surface area contributed by atoms with Crippen molar-refractivity contribution in [3.8, 4) is 0 Å². The van der Waals surface area contributed by atoms with E-state index in [4.69, 9.17) is 4.74 Å². The van der Waals surface area contributed by atoms with Crippen molar-refractivity contribution in [2.24, 2.45) is 0 Å². The largest absolute Gasteiger partial charge is 0.375 e. The maximum absolute atomic E-state index is 12.1. The summed E-state index contributed by atoms with van der Waals surface area (Å²) in [6, 6.07) is 4.11. The molecular formula is C14H20N2O3S. The van der Waals surface area contributed by atoms with Crippen LogP contribution < -0.4 is 5.32 Å². The molecule has 1 aromatic heterocycles. The van der Waals surface area contributed by atoms with Gasteiger partial charge in [0.05, 0.1) is 6.42 Å². The second-order valence-corrected chi connectivity index (χ2v) is 5.94. The number of rotatable bonds is 5. The Bertz CT molecular complexity index is 439. The third kappa shape index (κ3) is 4.31. The van der Waals surface area contributed by atoms with Gasteiger partial charge in [0, 0.05) is 31.1 Å². The van der Waals surface area contributed by atoms with E-state index in [1.807, 2.05) is 22.4 Å². The first kappa shape index (κ1) is 15.0. The highest BCUT2D eigenvalue weighted by molar-refractivity contribution is 7.10. The van der Waals surface area contributed by atoms with Crippen LogP contribution in [0.2, 0.25) is 0 Å². The van der Waals surface area contributed by atoms with E-state index in [2.05, 4.69) is 5.32 Å². The summed E-state index contributed by atoms with van der Waals surface area (Å²) in [6.07, 6.45) is 2.11. The molecule has 0 aliphatic carbocycles. The molecule has 1 N–H and O–H groups in total. The molecule has 0 bridgehead atoms. The van der Waals surface area contributed by atoms with Crippen LogP contribution in [0.5, 0.6) is 0 Å². The molecule has 20 heavy (non-hydrogen) atoms. The summed E-state index contributed by atoms with van der Waals surface area (Å²) in [6.45, 7) is 1.52. The summed E-state index contributed by atoms with van der Waals surface area (Å²) in [5.74, 6) is 0.0879. The molecular weight excluding hydrogens is 276 g/mol. The number of ether oxygens (including phenoxy) is 1. The van der Waals surface area contributed by atoms with Crippen molar-refractivity contribution < 1.29 is 14.3 Å². The number of methoxy groups -OCH3 is 1. The monoisotopic (exact) mass is 296 g/mol. The lowest BCUT2D eigenvalue weighted by Gasteiger charge is -2.32. The summed E-state index contributed by atoms with van der Waals surface area (Å²) in [4.78, 5) is 26.5. The van der Waals surface area contributed by atoms with Crippen LogP contribution in [-0.4, -0.2) is 49.6 Å². The average Bonchev–Trinajstić information content (AvgIpc) is 2.92. The van der Waals surface area contributed by atoms with Crippen LogP contribution in [0.15, 0.2) is 17.5 Å². The first-order valence-corrected chi connectivity index (χ1v) is 7.65. The van der Waals surface area contributed by atoms with E-state index in [0.717, 1.165) is 17.7 Å². The van der Waals surface area contributed by atoms with E-state index in [1.54, 1.807) is 11.3 Å². The Labute approximate surface area is 122 Å². The smallest absolute Gasteiger partial charge is 0.246 e. The third-order valence-electron chi connectivity index (χ3n) is 3.39. The molecule has 5 nitrogen and oxygen atoms in total. The second kappa shape index (κ2) is 7.40. The highest BCUT2D eigenvalue weighted by Crippen LogP contribution is 2.15. The molecule has 1 aliphatic rings. The number of carbonyl (C=O) groups is 2. The molecule has 1 aliphatic heterocycles. The molecule has 2 rings (SSSR count). The fourth-order valence-electron chi connectivity index (χ4n) is 2.35. The van der Waals surface area contributed by atoms with Gasteiger partial charge in [0.1, 0.15) is 6.61 Å². The van der Waals surface area contributed by atoms with Crippen molar-refractivity contribution >= 4 is 23.2 Å². The van der Waals surface area contributed by atoms with Gasteiger partial charge in [-0.1, -0.05) is 6.07 Å². The van der Waals surface area contributed by atoms with Crippen LogP contribution in [0, 0.1) is 0 Å². The quantitative estimate of drug-likeness (QED) is 0.883. The van der Waals surface area contributed by atoms with Crippen molar-refractivity contribution in [1.82, 2.24) is 10.2 Å². The van der Waals surface area contributed by atoms with Gasteiger partial charge in [-0.15, -0.1) is 11.3 Å². The van der Waals surface area contributed by atoms with E-state index in [-0.39, 0.29) is 24.5 Å². The fourth-order valence-corrected chi connectivity index (χ4v) is 3.04. The Balaban J connectivity index is 1.73. The molecule has 1 saturated heterocycles. The normalized spacial score (nSPS) is 16.1. The minimum atomic E-state index is -0.0872. The van der Waals surface area contributed by atoms with Gasteiger partial charge in [0.25, 0.3) is 0 Å². The maximum Gasteiger partial charge on any atom is 0.246 e. The second-order valence-electron chi connectivity index (χ2n) is 4.91. The molecule has 2 heterocycles. The predicted octanol–water partition coefficient (Wildman–Crippen LogP) is 1.04. The van der Waals surface area contributed by atoms with Crippen molar-refractivity contribution in [3.63, 3.8) is 0 Å². The van der Waals surface area contributed by atoms with Crippen LogP contribution >= 0.6 is 11.3 Å². The van der Waals surface area contributed by atoms with Crippen LogP contribution in [-0.2, 0) is 20.7 Å². The van der Waals surface area contributed by atoms with Crippen molar-refractivity contribution in [2.75, 3.05) is 26.8 Å². The molecule has 0 unspecified atom stereocenters. The summed E-state index contributed by atoms with van der Waals surface area (Å²) in [5, 5.41) is 4.91. The van der Waals surface area contributed by atoms with Crippen molar-refractivity contribution in [1.29, 1.82) is 0 Å². The molecule has 0 atom stereocenters. The lowest BCUT2D eigenvalue weighted by atomic mass is 10.0. The number of nitrogens with one attached hydrogen (secondary N) is 1. The van der Waals surface area contributed by atoms with Crippen LogP contribution in [0.25, 0.3) is 0 Å². The first-order valence-electron chi connectivity index (χ1n) is 6.77. The zero-order valence-electron chi connectivity index (χ0n) is 11.6. The van der Waals surface area contributed by atoms with E-state index >= 15 is 0 Å². The number of hydrogen-bond acceptors (Lipinski definition) is 4. The van der Waals surface area contributed by atoms with Gasteiger partial charge in [-0.3, -0.25) is 9.59 Å².